The summed E-state index contributed by atoms with van der Waals surface area (Å²) in [4.78, 5) is 52.6. The highest BCUT2D eigenvalue weighted by atomic mass is 79.9. The monoisotopic (exact) mass is 436 g/mol. The van der Waals surface area contributed by atoms with Gasteiger partial charge in [0.15, 0.2) is 0 Å². The smallest absolute Gasteiger partial charge is 0.328 e. The third kappa shape index (κ3) is 4.29. The molecule has 2 amide bonds. The van der Waals surface area contributed by atoms with E-state index in [2.05, 4.69) is 20.9 Å². The first-order valence-electron chi connectivity index (χ1n) is 8.86. The second-order valence-electron chi connectivity index (χ2n) is 6.74. The van der Waals surface area contributed by atoms with Crippen molar-refractivity contribution in [3.63, 3.8) is 0 Å². The lowest BCUT2D eigenvalue weighted by Gasteiger charge is -2.30. The first kappa shape index (κ1) is 19.3. The predicted octanol–water partition coefficient (Wildman–Crippen LogP) is 0.956. The van der Waals surface area contributed by atoms with Crippen LogP contribution in [-0.4, -0.2) is 39.4 Å². The van der Waals surface area contributed by atoms with E-state index in [4.69, 9.17) is 5.73 Å². The molecule has 1 fully saturated rings. The van der Waals surface area contributed by atoms with Gasteiger partial charge < -0.3 is 15.6 Å². The number of nitrogens with zero attached hydrogens (tertiary/aromatic N) is 2. The number of carbonyl (C=O) groups is 2. The molecule has 0 unspecified atom stereocenters. The summed E-state index contributed by atoms with van der Waals surface area (Å²) < 4.78 is 1.88. The summed E-state index contributed by atoms with van der Waals surface area (Å²) in [6.07, 6.45) is 1.79. The largest absolute Gasteiger partial charge is 0.369 e. The van der Waals surface area contributed by atoms with Gasteiger partial charge in [-0.1, -0.05) is 15.9 Å². The molecule has 2 heterocycles. The molecule has 0 saturated carbocycles. The van der Waals surface area contributed by atoms with Crippen LogP contribution in [0.4, 0.5) is 0 Å². The minimum absolute atomic E-state index is 0.0362. The van der Waals surface area contributed by atoms with Crippen LogP contribution in [0.25, 0.3) is 10.9 Å². The maximum absolute atomic E-state index is 12.6. The molecule has 3 rings (SSSR count). The van der Waals surface area contributed by atoms with Gasteiger partial charge in [0.2, 0.25) is 11.8 Å². The summed E-state index contributed by atoms with van der Waals surface area (Å²) >= 11 is 3.32. The summed E-state index contributed by atoms with van der Waals surface area (Å²) in [6.45, 7) is 1.19. The SMILES string of the molecule is NC(=O)C1CCN(C(=O)CCCn2c(=O)[nH]c3ccc(Br)cc3c2=O)CC1. The number of aromatic amines is 1. The van der Waals surface area contributed by atoms with Gasteiger partial charge in [0.05, 0.1) is 10.9 Å². The van der Waals surface area contributed by atoms with Crippen molar-refractivity contribution in [2.24, 2.45) is 11.7 Å². The molecule has 0 atom stereocenters. The number of fused-ring (bicyclic) bond motifs is 1. The fourth-order valence-electron chi connectivity index (χ4n) is 3.39. The molecule has 9 heteroatoms. The third-order valence-electron chi connectivity index (χ3n) is 4.97. The van der Waals surface area contributed by atoms with Crippen LogP contribution in [0, 0.1) is 5.92 Å². The average molecular weight is 437 g/mol. The van der Waals surface area contributed by atoms with Crippen LogP contribution in [0.1, 0.15) is 25.7 Å². The number of H-pyrrole nitrogens is 1. The van der Waals surface area contributed by atoms with Crippen molar-refractivity contribution in [2.45, 2.75) is 32.2 Å². The highest BCUT2D eigenvalue weighted by Crippen LogP contribution is 2.18. The Labute approximate surface area is 163 Å². The van der Waals surface area contributed by atoms with Crippen molar-refractivity contribution in [1.82, 2.24) is 14.5 Å². The number of nitrogens with two attached hydrogens (primary N) is 1. The van der Waals surface area contributed by atoms with E-state index >= 15 is 0 Å². The average Bonchev–Trinajstić information content (AvgIpc) is 2.65. The highest BCUT2D eigenvalue weighted by molar-refractivity contribution is 9.10. The first-order chi connectivity index (χ1) is 12.9. The van der Waals surface area contributed by atoms with Gasteiger partial charge >= 0.3 is 5.69 Å². The van der Waals surface area contributed by atoms with E-state index in [1.807, 2.05) is 0 Å². The Hall–Kier alpha value is -2.42. The van der Waals surface area contributed by atoms with Gasteiger partial charge in [-0.2, -0.15) is 0 Å². The van der Waals surface area contributed by atoms with Crippen LogP contribution < -0.4 is 17.0 Å². The number of hydrogen-bond donors (Lipinski definition) is 2. The minimum Gasteiger partial charge on any atom is -0.369 e. The molecule has 0 aliphatic carbocycles. The molecule has 0 spiro atoms. The summed E-state index contributed by atoms with van der Waals surface area (Å²) in [7, 11) is 0. The number of benzene rings is 1. The molecule has 1 aromatic carbocycles. The zero-order chi connectivity index (χ0) is 19.6. The van der Waals surface area contributed by atoms with Crippen molar-refractivity contribution in [3.05, 3.63) is 43.5 Å². The molecule has 1 saturated heterocycles. The number of aromatic nitrogens is 2. The third-order valence-corrected chi connectivity index (χ3v) is 5.46. The summed E-state index contributed by atoms with van der Waals surface area (Å²) in [5.74, 6) is -0.516. The van der Waals surface area contributed by atoms with Crippen LogP contribution in [-0.2, 0) is 16.1 Å². The lowest BCUT2D eigenvalue weighted by molar-refractivity contribution is -0.135. The predicted molar refractivity (Wildman–Crippen MR) is 104 cm³/mol. The van der Waals surface area contributed by atoms with Crippen LogP contribution in [0.3, 0.4) is 0 Å². The van der Waals surface area contributed by atoms with Crippen LogP contribution in [0.2, 0.25) is 0 Å². The second kappa shape index (κ2) is 8.08. The molecule has 0 radical (unpaired) electrons. The number of nitrogens with one attached hydrogen (secondary N) is 1. The second-order valence-corrected chi connectivity index (χ2v) is 7.65. The zero-order valence-electron chi connectivity index (χ0n) is 14.7. The number of piperidine rings is 1. The van der Waals surface area contributed by atoms with Crippen molar-refractivity contribution < 1.29 is 9.59 Å². The number of hydrogen-bond acceptors (Lipinski definition) is 4. The summed E-state index contributed by atoms with van der Waals surface area (Å²) in [5, 5.41) is 0.420. The van der Waals surface area contributed by atoms with E-state index < -0.39 is 5.69 Å². The van der Waals surface area contributed by atoms with Gasteiger partial charge in [-0.05, 0) is 37.5 Å². The summed E-state index contributed by atoms with van der Waals surface area (Å²) in [6, 6.07) is 5.09. The zero-order valence-corrected chi connectivity index (χ0v) is 16.3. The van der Waals surface area contributed by atoms with E-state index in [0.29, 0.717) is 43.3 Å². The lowest BCUT2D eigenvalue weighted by Crippen LogP contribution is -2.42. The van der Waals surface area contributed by atoms with Gasteiger partial charge in [-0.15, -0.1) is 0 Å². The van der Waals surface area contributed by atoms with Crippen molar-refractivity contribution in [2.75, 3.05) is 13.1 Å². The van der Waals surface area contributed by atoms with Gasteiger partial charge in [0.25, 0.3) is 5.56 Å². The number of likely N-dealkylation sites (tertiary alicyclic amines) is 1. The molecule has 8 nitrogen and oxygen atoms in total. The van der Waals surface area contributed by atoms with Crippen molar-refractivity contribution in [1.29, 1.82) is 0 Å². The van der Waals surface area contributed by atoms with E-state index in [1.165, 1.54) is 0 Å². The molecule has 27 heavy (non-hydrogen) atoms. The van der Waals surface area contributed by atoms with E-state index in [9.17, 15) is 19.2 Å². The molecule has 2 aromatic rings. The van der Waals surface area contributed by atoms with Gasteiger partial charge in [0, 0.05) is 36.4 Å². The fourth-order valence-corrected chi connectivity index (χ4v) is 3.75. The summed E-state index contributed by atoms with van der Waals surface area (Å²) in [5.41, 5.74) is 4.93. The van der Waals surface area contributed by atoms with Gasteiger partial charge in [-0.3, -0.25) is 19.0 Å². The quantitative estimate of drug-likeness (QED) is 0.724. The molecule has 1 aromatic heterocycles. The first-order valence-corrected chi connectivity index (χ1v) is 9.65. The van der Waals surface area contributed by atoms with Crippen LogP contribution >= 0.6 is 15.9 Å². The van der Waals surface area contributed by atoms with Crippen molar-refractivity contribution >= 4 is 38.6 Å². The molecule has 3 N–H and O–H groups in total. The highest BCUT2D eigenvalue weighted by Gasteiger charge is 2.25. The van der Waals surface area contributed by atoms with E-state index in [-0.39, 0.29) is 36.3 Å². The Morgan fingerprint density at radius 2 is 1.93 bits per heavy atom. The molecule has 1 aliphatic rings. The number of amides is 2. The maximum Gasteiger partial charge on any atom is 0.328 e. The topological polar surface area (TPSA) is 118 Å². The lowest BCUT2D eigenvalue weighted by atomic mass is 9.96. The number of halogens is 1. The minimum atomic E-state index is -0.482. The van der Waals surface area contributed by atoms with E-state index in [1.54, 1.807) is 23.1 Å². The fraction of sp³-hybridized carbons (Fsp3) is 0.444. The standard InChI is InChI=1S/C18H21BrN4O4/c19-12-3-4-14-13(10-12)17(26)23(18(27)21-14)7-1-2-15(24)22-8-5-11(6-9-22)16(20)25/h3-4,10-11H,1-2,5-9H2,(H2,20,25)(H,21,27). The Kier molecular flexibility index (Phi) is 5.79. The number of rotatable bonds is 5. The van der Waals surface area contributed by atoms with Crippen molar-refractivity contribution in [3.8, 4) is 0 Å². The Morgan fingerprint density at radius 1 is 1.22 bits per heavy atom. The number of primary amides is 1. The Bertz CT molecular complexity index is 989. The molecular weight excluding hydrogens is 416 g/mol. The van der Waals surface area contributed by atoms with E-state index in [0.717, 1.165) is 9.04 Å². The normalized spacial score (nSPS) is 15.2. The maximum atomic E-state index is 12.6. The van der Waals surface area contributed by atoms with Gasteiger partial charge in [-0.25, -0.2) is 4.79 Å². The Morgan fingerprint density at radius 3 is 2.59 bits per heavy atom. The number of carbonyl (C=O) groups excluding carboxylic acids is 2. The molecular formula is C18H21BrN4O4. The molecule has 0 bridgehead atoms. The molecule has 1 aliphatic heterocycles. The van der Waals surface area contributed by atoms with Crippen LogP contribution in [0.5, 0.6) is 0 Å². The Balaban J connectivity index is 1.62. The van der Waals surface area contributed by atoms with Gasteiger partial charge in [0.1, 0.15) is 0 Å². The molecule has 144 valence electrons. The van der Waals surface area contributed by atoms with Crippen LogP contribution in [0.15, 0.2) is 32.3 Å².